The molecule has 1 atom stereocenters. The van der Waals surface area contributed by atoms with Crippen LogP contribution in [-0.2, 0) is 14.3 Å². The number of nitrogens with zero attached hydrogens (tertiary/aromatic N) is 3. The monoisotopic (exact) mass is 313 g/mol. The average Bonchev–Trinajstić information content (AvgIpc) is 2.51. The summed E-state index contributed by atoms with van der Waals surface area (Å²) in [6, 6.07) is 0.429. The maximum atomic E-state index is 12.2. The first kappa shape index (κ1) is 18.9. The van der Waals surface area contributed by atoms with Crippen LogP contribution in [0.4, 0.5) is 0 Å². The number of carbonyl (C=O) groups is 2. The lowest BCUT2D eigenvalue weighted by Gasteiger charge is -2.38. The molecule has 1 heterocycles. The summed E-state index contributed by atoms with van der Waals surface area (Å²) in [5.74, 6) is -0.250. The fraction of sp³-hybridized carbons (Fsp3) is 0.875. The van der Waals surface area contributed by atoms with Gasteiger partial charge in [0.05, 0.1) is 13.5 Å². The summed E-state index contributed by atoms with van der Waals surface area (Å²) < 4.78 is 4.59. The normalized spacial score (nSPS) is 18.8. The van der Waals surface area contributed by atoms with Crippen LogP contribution in [0, 0.1) is 0 Å². The molecule has 1 saturated heterocycles. The molecule has 1 unspecified atom stereocenters. The van der Waals surface area contributed by atoms with Gasteiger partial charge in [-0.3, -0.25) is 9.59 Å². The smallest absolute Gasteiger partial charge is 0.306 e. The van der Waals surface area contributed by atoms with Gasteiger partial charge in [-0.05, 0) is 53.5 Å². The molecule has 1 rings (SSSR count). The molecule has 1 aliphatic rings. The number of esters is 1. The van der Waals surface area contributed by atoms with Crippen LogP contribution in [0.2, 0.25) is 0 Å². The van der Waals surface area contributed by atoms with Crippen LogP contribution in [0.15, 0.2) is 0 Å². The van der Waals surface area contributed by atoms with E-state index in [4.69, 9.17) is 0 Å². The van der Waals surface area contributed by atoms with Crippen LogP contribution in [-0.4, -0.2) is 87.0 Å². The summed E-state index contributed by atoms with van der Waals surface area (Å²) in [7, 11) is 7.67. The summed E-state index contributed by atoms with van der Waals surface area (Å²) in [4.78, 5) is 29.8. The van der Waals surface area contributed by atoms with E-state index in [0.29, 0.717) is 6.04 Å². The van der Waals surface area contributed by atoms with Crippen molar-refractivity contribution in [2.24, 2.45) is 0 Å². The van der Waals surface area contributed by atoms with Crippen molar-refractivity contribution < 1.29 is 14.3 Å². The van der Waals surface area contributed by atoms with Crippen LogP contribution < -0.4 is 0 Å². The molecule has 1 fully saturated rings. The van der Waals surface area contributed by atoms with Crippen molar-refractivity contribution in [3.8, 4) is 0 Å². The second-order valence-electron chi connectivity index (χ2n) is 6.35. The van der Waals surface area contributed by atoms with Crippen LogP contribution in [0.5, 0.6) is 0 Å². The summed E-state index contributed by atoms with van der Waals surface area (Å²) >= 11 is 0. The van der Waals surface area contributed by atoms with E-state index in [-0.39, 0.29) is 24.7 Å². The Kier molecular flexibility index (Phi) is 8.42. The average molecular weight is 313 g/mol. The SMILES string of the molecule is COC(=O)CCC(=O)N1CCCC(N(C)CCCN(C)C)C1. The maximum Gasteiger partial charge on any atom is 0.306 e. The first-order valence-corrected chi connectivity index (χ1v) is 8.13. The number of methoxy groups -OCH3 is 1. The van der Waals surface area contributed by atoms with Gasteiger partial charge in [0.15, 0.2) is 0 Å². The largest absolute Gasteiger partial charge is 0.469 e. The molecule has 0 radical (unpaired) electrons. The first-order valence-electron chi connectivity index (χ1n) is 8.13. The zero-order valence-electron chi connectivity index (χ0n) is 14.5. The van der Waals surface area contributed by atoms with E-state index in [1.165, 1.54) is 7.11 Å². The highest BCUT2D eigenvalue weighted by Crippen LogP contribution is 2.16. The quantitative estimate of drug-likeness (QED) is 0.621. The molecule has 0 aromatic carbocycles. The maximum absolute atomic E-state index is 12.2. The Labute approximate surface area is 134 Å². The second-order valence-corrected chi connectivity index (χ2v) is 6.35. The van der Waals surface area contributed by atoms with E-state index < -0.39 is 0 Å². The minimum atomic E-state index is -0.317. The topological polar surface area (TPSA) is 53.1 Å². The molecule has 0 aromatic rings. The standard InChI is InChI=1S/C16H31N3O3/c1-17(2)10-6-11-18(3)14-7-5-12-19(13-14)15(20)8-9-16(21)22-4/h14H,5-13H2,1-4H3. The number of piperidine rings is 1. The van der Waals surface area contributed by atoms with Gasteiger partial charge in [0.25, 0.3) is 0 Å². The van der Waals surface area contributed by atoms with E-state index in [1.807, 2.05) is 4.90 Å². The van der Waals surface area contributed by atoms with Crippen molar-refractivity contribution in [1.82, 2.24) is 14.7 Å². The summed E-state index contributed by atoms with van der Waals surface area (Å²) in [5, 5.41) is 0. The number of likely N-dealkylation sites (tertiary alicyclic amines) is 1. The summed E-state index contributed by atoms with van der Waals surface area (Å²) in [6.07, 6.45) is 3.74. The van der Waals surface area contributed by atoms with Gasteiger partial charge < -0.3 is 19.4 Å². The number of amides is 1. The molecule has 0 spiro atoms. The Balaban J connectivity index is 2.36. The number of likely N-dealkylation sites (N-methyl/N-ethyl adjacent to an activating group) is 1. The van der Waals surface area contributed by atoms with E-state index in [2.05, 4.69) is 35.7 Å². The van der Waals surface area contributed by atoms with Crippen molar-refractivity contribution in [2.45, 2.75) is 38.1 Å². The van der Waals surface area contributed by atoms with Gasteiger partial charge in [-0.2, -0.15) is 0 Å². The van der Waals surface area contributed by atoms with Crippen molar-refractivity contribution in [3.63, 3.8) is 0 Å². The van der Waals surface area contributed by atoms with Crippen LogP contribution >= 0.6 is 0 Å². The fourth-order valence-corrected chi connectivity index (χ4v) is 2.83. The van der Waals surface area contributed by atoms with Crippen molar-refractivity contribution in [3.05, 3.63) is 0 Å². The highest BCUT2D eigenvalue weighted by molar-refractivity contribution is 5.81. The van der Waals surface area contributed by atoms with Gasteiger partial charge in [-0.25, -0.2) is 0 Å². The third kappa shape index (κ3) is 6.75. The first-order chi connectivity index (χ1) is 10.4. The van der Waals surface area contributed by atoms with E-state index in [1.54, 1.807) is 0 Å². The Morgan fingerprint density at radius 2 is 1.91 bits per heavy atom. The second kappa shape index (κ2) is 9.79. The predicted molar refractivity (Wildman–Crippen MR) is 86.7 cm³/mol. The lowest BCUT2D eigenvalue weighted by Crippen LogP contribution is -2.49. The Morgan fingerprint density at radius 1 is 1.18 bits per heavy atom. The molecule has 0 saturated carbocycles. The lowest BCUT2D eigenvalue weighted by atomic mass is 10.0. The van der Waals surface area contributed by atoms with E-state index in [0.717, 1.165) is 45.4 Å². The number of ether oxygens (including phenoxy) is 1. The molecule has 6 heteroatoms. The minimum absolute atomic E-state index is 0.0665. The molecule has 6 nitrogen and oxygen atoms in total. The van der Waals surface area contributed by atoms with Gasteiger partial charge in [0, 0.05) is 25.6 Å². The zero-order chi connectivity index (χ0) is 16.5. The summed E-state index contributed by atoms with van der Waals surface area (Å²) in [6.45, 7) is 3.71. The van der Waals surface area contributed by atoms with Gasteiger partial charge in [-0.1, -0.05) is 0 Å². The molecule has 128 valence electrons. The van der Waals surface area contributed by atoms with Crippen LogP contribution in [0.25, 0.3) is 0 Å². The fourth-order valence-electron chi connectivity index (χ4n) is 2.83. The molecule has 0 bridgehead atoms. The highest BCUT2D eigenvalue weighted by atomic mass is 16.5. The van der Waals surface area contributed by atoms with E-state index >= 15 is 0 Å². The molecule has 0 aliphatic carbocycles. The third-order valence-corrected chi connectivity index (χ3v) is 4.26. The highest BCUT2D eigenvalue weighted by Gasteiger charge is 2.26. The van der Waals surface area contributed by atoms with Gasteiger partial charge >= 0.3 is 5.97 Å². The Bertz CT molecular complexity index is 361. The number of hydrogen-bond donors (Lipinski definition) is 0. The Morgan fingerprint density at radius 3 is 2.55 bits per heavy atom. The number of carbonyl (C=O) groups excluding carboxylic acids is 2. The molecular formula is C16H31N3O3. The van der Waals surface area contributed by atoms with E-state index in [9.17, 15) is 9.59 Å². The van der Waals surface area contributed by atoms with Gasteiger partial charge in [-0.15, -0.1) is 0 Å². The van der Waals surface area contributed by atoms with Gasteiger partial charge in [0.1, 0.15) is 0 Å². The van der Waals surface area contributed by atoms with Crippen molar-refractivity contribution >= 4 is 11.9 Å². The minimum Gasteiger partial charge on any atom is -0.469 e. The van der Waals surface area contributed by atoms with Gasteiger partial charge in [0.2, 0.25) is 5.91 Å². The zero-order valence-corrected chi connectivity index (χ0v) is 14.5. The predicted octanol–water partition coefficient (Wildman–Crippen LogP) is 0.814. The summed E-state index contributed by atoms with van der Waals surface area (Å²) in [5.41, 5.74) is 0. The van der Waals surface area contributed by atoms with Crippen molar-refractivity contribution in [2.75, 3.05) is 54.4 Å². The van der Waals surface area contributed by atoms with Crippen LogP contribution in [0.3, 0.4) is 0 Å². The Hall–Kier alpha value is -1.14. The van der Waals surface area contributed by atoms with Crippen LogP contribution in [0.1, 0.15) is 32.1 Å². The molecule has 22 heavy (non-hydrogen) atoms. The number of hydrogen-bond acceptors (Lipinski definition) is 5. The molecular weight excluding hydrogens is 282 g/mol. The molecule has 1 amide bonds. The molecule has 1 aliphatic heterocycles. The number of rotatable bonds is 8. The van der Waals surface area contributed by atoms with Crippen molar-refractivity contribution in [1.29, 1.82) is 0 Å². The third-order valence-electron chi connectivity index (χ3n) is 4.26. The lowest BCUT2D eigenvalue weighted by molar-refractivity contribution is -0.144. The molecule has 0 N–H and O–H groups in total. The molecule has 0 aromatic heterocycles.